The molecule has 218 valence electrons. The summed E-state index contributed by atoms with van der Waals surface area (Å²) in [6.45, 7) is 7.53. The number of benzene rings is 2. The molecule has 5 N–H and O–H groups in total. The molecule has 10 nitrogen and oxygen atoms in total. The maximum atomic E-state index is 14.1. The molecule has 0 spiro atoms. The smallest absolute Gasteiger partial charge is 0.408 e. The highest BCUT2D eigenvalue weighted by Gasteiger charge is 2.36. The number of aromatic hydroxyl groups is 1. The third-order valence-corrected chi connectivity index (χ3v) is 6.01. The number of hydrogen-bond acceptors (Lipinski definition) is 6. The number of nitrogens with one attached hydrogen (secondary N) is 2. The molecule has 2 unspecified atom stereocenters. The van der Waals surface area contributed by atoms with E-state index in [4.69, 9.17) is 10.5 Å². The predicted octanol–water partition coefficient (Wildman–Crippen LogP) is 3.93. The summed E-state index contributed by atoms with van der Waals surface area (Å²) in [6.07, 6.45) is 1.21. The summed E-state index contributed by atoms with van der Waals surface area (Å²) in [5.74, 6) is -1.71. The van der Waals surface area contributed by atoms with Gasteiger partial charge in [0.1, 0.15) is 23.4 Å². The lowest BCUT2D eigenvalue weighted by atomic mass is 10.0. The Balaban J connectivity index is 2.47. The first kappa shape index (κ1) is 32.1. The van der Waals surface area contributed by atoms with Gasteiger partial charge in [-0.1, -0.05) is 62.2 Å². The number of primary amides is 1. The van der Waals surface area contributed by atoms with Gasteiger partial charge in [-0.2, -0.15) is 0 Å². The van der Waals surface area contributed by atoms with E-state index in [1.165, 1.54) is 17.0 Å². The van der Waals surface area contributed by atoms with Crippen LogP contribution in [0.15, 0.2) is 54.6 Å². The average Bonchev–Trinajstić information content (AvgIpc) is 2.88. The van der Waals surface area contributed by atoms with Gasteiger partial charge in [0.25, 0.3) is 0 Å². The van der Waals surface area contributed by atoms with Gasteiger partial charge in [-0.05, 0) is 56.9 Å². The van der Waals surface area contributed by atoms with Crippen LogP contribution in [0.25, 0.3) is 0 Å². The zero-order valence-corrected chi connectivity index (χ0v) is 23.8. The Kier molecular flexibility index (Phi) is 12.4. The van der Waals surface area contributed by atoms with Crippen LogP contribution in [0.1, 0.15) is 77.0 Å². The maximum Gasteiger partial charge on any atom is 0.408 e. The van der Waals surface area contributed by atoms with E-state index in [0.717, 1.165) is 18.4 Å². The van der Waals surface area contributed by atoms with Gasteiger partial charge in [0.2, 0.25) is 17.7 Å². The normalized spacial score (nSPS) is 12.6. The fourth-order valence-corrected chi connectivity index (χ4v) is 4.14. The molecular formula is C30H42N4O6. The standard InChI is InChI=1S/C30H42N4O6/c1-5-6-10-18-34(28(38)24(16-17-25(31)36)33-29(39)40-30(2,3)4)26(22-14-11-15-23(35)19-22)27(37)32-20-21-12-8-7-9-13-21/h7-9,11-15,19,24,26,35H,5-6,10,16-18,20H2,1-4H3,(H2,31,36)(H,32,37)(H,33,39). The van der Waals surface area contributed by atoms with Crippen LogP contribution in [0.2, 0.25) is 0 Å². The number of alkyl carbamates (subject to hydrolysis) is 1. The van der Waals surface area contributed by atoms with Crippen molar-refractivity contribution in [2.24, 2.45) is 5.73 Å². The van der Waals surface area contributed by atoms with E-state index in [0.29, 0.717) is 12.0 Å². The molecule has 0 aliphatic carbocycles. The number of hydrogen-bond donors (Lipinski definition) is 4. The molecule has 10 heteroatoms. The van der Waals surface area contributed by atoms with E-state index in [1.807, 2.05) is 37.3 Å². The molecule has 2 atom stereocenters. The van der Waals surface area contributed by atoms with Crippen molar-refractivity contribution in [2.45, 2.75) is 84.0 Å². The second-order valence-corrected chi connectivity index (χ2v) is 10.6. The Hall–Kier alpha value is -4.08. The van der Waals surface area contributed by atoms with Crippen molar-refractivity contribution in [3.63, 3.8) is 0 Å². The molecule has 4 amide bonds. The van der Waals surface area contributed by atoms with Crippen LogP contribution in [0.3, 0.4) is 0 Å². The van der Waals surface area contributed by atoms with Crippen molar-refractivity contribution in [1.82, 2.24) is 15.5 Å². The van der Waals surface area contributed by atoms with E-state index >= 15 is 0 Å². The van der Waals surface area contributed by atoms with E-state index in [1.54, 1.807) is 32.9 Å². The predicted molar refractivity (Wildman–Crippen MR) is 152 cm³/mol. The maximum absolute atomic E-state index is 14.1. The minimum Gasteiger partial charge on any atom is -0.508 e. The van der Waals surface area contributed by atoms with Crippen LogP contribution in [0.5, 0.6) is 5.75 Å². The number of nitrogens with two attached hydrogens (primary N) is 1. The fraction of sp³-hybridized carbons (Fsp3) is 0.467. The van der Waals surface area contributed by atoms with Crippen LogP contribution < -0.4 is 16.4 Å². The van der Waals surface area contributed by atoms with Crippen molar-refractivity contribution < 1.29 is 29.0 Å². The number of carbonyl (C=O) groups is 4. The molecule has 0 aliphatic heterocycles. The summed E-state index contributed by atoms with van der Waals surface area (Å²) in [6, 6.07) is 13.2. The number of unbranched alkanes of at least 4 members (excludes halogenated alkanes) is 2. The molecule has 2 aromatic carbocycles. The fourth-order valence-electron chi connectivity index (χ4n) is 4.14. The molecule has 40 heavy (non-hydrogen) atoms. The highest BCUT2D eigenvalue weighted by molar-refractivity contribution is 5.92. The summed E-state index contributed by atoms with van der Waals surface area (Å²) in [4.78, 5) is 53.5. The first-order valence-electron chi connectivity index (χ1n) is 13.6. The summed E-state index contributed by atoms with van der Waals surface area (Å²) in [5, 5.41) is 15.7. The van der Waals surface area contributed by atoms with Crippen molar-refractivity contribution in [2.75, 3.05) is 6.54 Å². The molecular weight excluding hydrogens is 512 g/mol. The zero-order chi connectivity index (χ0) is 29.7. The monoisotopic (exact) mass is 554 g/mol. The van der Waals surface area contributed by atoms with Gasteiger partial charge in [0, 0.05) is 19.5 Å². The first-order valence-corrected chi connectivity index (χ1v) is 13.6. The Morgan fingerprint density at radius 1 is 1.02 bits per heavy atom. The number of phenols is 1. The number of phenolic OH excluding ortho intramolecular Hbond substituents is 1. The van der Waals surface area contributed by atoms with Gasteiger partial charge in [0.15, 0.2) is 0 Å². The second kappa shape index (κ2) is 15.5. The minimum atomic E-state index is -1.18. The molecule has 2 rings (SSSR count). The van der Waals surface area contributed by atoms with E-state index < -0.39 is 41.5 Å². The molecule has 0 saturated carbocycles. The molecule has 2 aromatic rings. The third kappa shape index (κ3) is 11.0. The molecule has 0 aromatic heterocycles. The third-order valence-electron chi connectivity index (χ3n) is 6.01. The zero-order valence-electron chi connectivity index (χ0n) is 23.8. The number of amides is 4. The summed E-state index contributed by atoms with van der Waals surface area (Å²) < 4.78 is 5.35. The van der Waals surface area contributed by atoms with Crippen LogP contribution in [-0.2, 0) is 25.7 Å². The lowest BCUT2D eigenvalue weighted by Crippen LogP contribution is -2.53. The van der Waals surface area contributed by atoms with Gasteiger partial charge in [-0.15, -0.1) is 0 Å². The van der Waals surface area contributed by atoms with Crippen molar-refractivity contribution >= 4 is 23.8 Å². The number of ether oxygens (including phenoxy) is 1. The van der Waals surface area contributed by atoms with E-state index in [2.05, 4.69) is 10.6 Å². The van der Waals surface area contributed by atoms with Gasteiger partial charge < -0.3 is 31.1 Å². The van der Waals surface area contributed by atoms with Crippen LogP contribution in [-0.4, -0.2) is 52.0 Å². The molecule has 0 aliphatic rings. The molecule has 0 radical (unpaired) electrons. The Bertz CT molecular complexity index is 1130. The van der Waals surface area contributed by atoms with Gasteiger partial charge in [0.05, 0.1) is 0 Å². The van der Waals surface area contributed by atoms with Gasteiger partial charge in [-0.25, -0.2) is 4.79 Å². The van der Waals surface area contributed by atoms with Crippen LogP contribution >= 0.6 is 0 Å². The minimum absolute atomic E-state index is 0.0588. The number of carbonyl (C=O) groups excluding carboxylic acids is 4. The van der Waals surface area contributed by atoms with Crippen LogP contribution in [0, 0.1) is 0 Å². The van der Waals surface area contributed by atoms with Crippen LogP contribution in [0.4, 0.5) is 4.79 Å². The summed E-state index contributed by atoms with van der Waals surface area (Å²) in [7, 11) is 0. The lowest BCUT2D eigenvalue weighted by Gasteiger charge is -2.34. The summed E-state index contributed by atoms with van der Waals surface area (Å²) in [5.41, 5.74) is 5.82. The quantitative estimate of drug-likeness (QED) is 0.260. The van der Waals surface area contributed by atoms with Gasteiger partial charge >= 0.3 is 6.09 Å². The average molecular weight is 555 g/mol. The van der Waals surface area contributed by atoms with E-state index in [-0.39, 0.29) is 31.7 Å². The SMILES string of the molecule is CCCCCN(C(=O)C(CCC(N)=O)NC(=O)OC(C)(C)C)C(C(=O)NCc1ccccc1)c1cccc(O)c1. The number of nitrogens with zero attached hydrogens (tertiary/aromatic N) is 1. The summed E-state index contributed by atoms with van der Waals surface area (Å²) >= 11 is 0. The largest absolute Gasteiger partial charge is 0.508 e. The Labute approximate surface area is 236 Å². The van der Waals surface area contributed by atoms with Gasteiger partial charge in [-0.3, -0.25) is 14.4 Å². The van der Waals surface area contributed by atoms with Crippen molar-refractivity contribution in [3.05, 3.63) is 65.7 Å². The number of rotatable bonds is 14. The topological polar surface area (TPSA) is 151 Å². The Morgan fingerprint density at radius 3 is 2.33 bits per heavy atom. The Morgan fingerprint density at radius 2 is 1.73 bits per heavy atom. The first-order chi connectivity index (χ1) is 18.9. The molecule has 0 heterocycles. The van der Waals surface area contributed by atoms with Crippen molar-refractivity contribution in [3.8, 4) is 5.75 Å². The molecule has 0 bridgehead atoms. The highest BCUT2D eigenvalue weighted by atomic mass is 16.6. The molecule has 0 saturated heterocycles. The second-order valence-electron chi connectivity index (χ2n) is 10.6. The lowest BCUT2D eigenvalue weighted by molar-refractivity contribution is -0.143. The highest BCUT2D eigenvalue weighted by Crippen LogP contribution is 2.27. The van der Waals surface area contributed by atoms with Crippen molar-refractivity contribution in [1.29, 1.82) is 0 Å². The van der Waals surface area contributed by atoms with E-state index in [9.17, 15) is 24.3 Å². The molecule has 0 fully saturated rings.